The van der Waals surface area contributed by atoms with Gasteiger partial charge in [-0.05, 0) is 107 Å². The molecule has 1 aliphatic heterocycles. The van der Waals surface area contributed by atoms with E-state index in [4.69, 9.17) is 14.4 Å². The standard InChI is InChI=1S/C64H45F2N5O/c1-63(2)51-26-13-14-27-54(51)71(57-36-40(33-34-67-57)39-17-6-3-7-18-39)55-35-41(29-31-52(55)63)48-38-50-45-23-12-15-28-56(45)72-61(50)60-59(48)69-62(70(60)44-21-10-5-11-22-44)47-25-16-24-46-49-37-43(30-32-53(49)68-58(46)47)64(65,66)42-19-8-4-9-20-42/h3-28,30,32-38,68H,29,31H2,1-2H3. The highest BCUT2D eigenvalue weighted by Gasteiger charge is 2.41. The van der Waals surface area contributed by atoms with Crippen LogP contribution in [-0.4, -0.2) is 19.5 Å². The molecule has 72 heavy (non-hydrogen) atoms. The van der Waals surface area contributed by atoms with Crippen LogP contribution in [0.15, 0.2) is 222 Å². The average molecular weight is 938 g/mol. The molecule has 2 aliphatic rings. The van der Waals surface area contributed by atoms with Crippen LogP contribution < -0.4 is 4.90 Å². The number of H-pyrrole nitrogens is 1. The number of para-hydroxylation sites is 4. The average Bonchev–Trinajstić information content (AvgIpc) is 4.13. The summed E-state index contributed by atoms with van der Waals surface area (Å²) in [6.07, 6.45) is 5.92. The Balaban J connectivity index is 1.02. The highest BCUT2D eigenvalue weighted by molar-refractivity contribution is 6.18. The molecule has 8 aromatic carbocycles. The number of allylic oxidation sites excluding steroid dienone is 3. The molecule has 0 atom stereocenters. The van der Waals surface area contributed by atoms with Crippen molar-refractivity contribution in [3.8, 4) is 28.2 Å². The van der Waals surface area contributed by atoms with Gasteiger partial charge in [0.25, 0.3) is 5.92 Å². The van der Waals surface area contributed by atoms with Gasteiger partial charge in [-0.3, -0.25) is 9.47 Å². The lowest BCUT2D eigenvalue weighted by molar-refractivity contribution is 0.0430. The van der Waals surface area contributed by atoms with Crippen molar-refractivity contribution in [1.29, 1.82) is 0 Å². The molecule has 1 aliphatic carbocycles. The van der Waals surface area contributed by atoms with Crippen molar-refractivity contribution in [2.45, 2.75) is 38.0 Å². The number of nitrogens with one attached hydrogen (secondary N) is 1. The van der Waals surface area contributed by atoms with Crippen molar-refractivity contribution in [2.24, 2.45) is 0 Å². The minimum absolute atomic E-state index is 0.0478. The molecular formula is C64H45F2N5O. The fourth-order valence-corrected chi connectivity index (χ4v) is 11.6. The number of aromatic amines is 1. The second-order valence-electron chi connectivity index (χ2n) is 19.5. The molecule has 0 amide bonds. The summed E-state index contributed by atoms with van der Waals surface area (Å²) in [6.45, 7) is 4.70. The molecule has 0 unspecified atom stereocenters. The number of nitrogens with zero attached hydrogens (tertiary/aromatic N) is 4. The molecule has 0 bridgehead atoms. The number of anilines is 2. The maximum Gasteiger partial charge on any atom is 0.298 e. The van der Waals surface area contributed by atoms with Crippen molar-refractivity contribution < 1.29 is 13.2 Å². The van der Waals surface area contributed by atoms with E-state index in [0.717, 1.165) is 113 Å². The maximum atomic E-state index is 16.2. The number of rotatable bonds is 7. The lowest BCUT2D eigenvalue weighted by Gasteiger charge is -2.44. The summed E-state index contributed by atoms with van der Waals surface area (Å²) in [7, 11) is 0. The molecule has 0 radical (unpaired) electrons. The van der Waals surface area contributed by atoms with Crippen LogP contribution in [0.3, 0.4) is 0 Å². The van der Waals surface area contributed by atoms with Gasteiger partial charge in [0.2, 0.25) is 0 Å². The number of alkyl halides is 2. The van der Waals surface area contributed by atoms with E-state index in [0.29, 0.717) is 11.2 Å². The molecule has 12 aromatic rings. The Hall–Kier alpha value is -8.88. The Morgan fingerprint density at radius 3 is 2.19 bits per heavy atom. The van der Waals surface area contributed by atoms with Gasteiger partial charge in [0.15, 0.2) is 5.58 Å². The van der Waals surface area contributed by atoms with Crippen LogP contribution in [0.4, 0.5) is 20.3 Å². The molecule has 5 heterocycles. The number of imidazole rings is 1. The van der Waals surface area contributed by atoms with E-state index in [-0.39, 0.29) is 16.5 Å². The number of benzene rings is 8. The first-order chi connectivity index (χ1) is 35.2. The summed E-state index contributed by atoms with van der Waals surface area (Å²) >= 11 is 0. The summed E-state index contributed by atoms with van der Waals surface area (Å²) in [5, 5.41) is 3.56. The number of hydrogen-bond donors (Lipinski definition) is 1. The van der Waals surface area contributed by atoms with Crippen molar-refractivity contribution in [3.63, 3.8) is 0 Å². The molecular weight excluding hydrogens is 893 g/mol. The molecule has 0 saturated heterocycles. The largest absolute Gasteiger partial charge is 0.454 e. The topological polar surface area (TPSA) is 62.9 Å². The van der Waals surface area contributed by atoms with Gasteiger partial charge in [0, 0.05) is 72.3 Å². The van der Waals surface area contributed by atoms with Crippen LogP contribution in [0.1, 0.15) is 48.9 Å². The Kier molecular flexibility index (Phi) is 9.24. The maximum absolute atomic E-state index is 16.2. The zero-order valence-corrected chi connectivity index (χ0v) is 39.5. The number of hydrogen-bond acceptors (Lipinski definition) is 4. The second kappa shape index (κ2) is 15.8. The highest BCUT2D eigenvalue weighted by atomic mass is 19.3. The first-order valence-corrected chi connectivity index (χ1v) is 24.5. The van der Waals surface area contributed by atoms with E-state index in [9.17, 15) is 0 Å². The van der Waals surface area contributed by atoms with Gasteiger partial charge in [0.1, 0.15) is 28.3 Å². The van der Waals surface area contributed by atoms with Gasteiger partial charge in [-0.1, -0.05) is 147 Å². The second-order valence-corrected chi connectivity index (χ2v) is 19.5. The molecule has 1 N–H and O–H groups in total. The lowest BCUT2D eigenvalue weighted by atomic mass is 9.69. The van der Waals surface area contributed by atoms with Gasteiger partial charge in [-0.25, -0.2) is 9.97 Å². The predicted molar refractivity (Wildman–Crippen MR) is 288 cm³/mol. The quantitative estimate of drug-likeness (QED) is 0.173. The zero-order valence-electron chi connectivity index (χ0n) is 39.5. The van der Waals surface area contributed by atoms with Crippen LogP contribution in [0.25, 0.3) is 88.6 Å². The molecule has 0 fully saturated rings. The normalized spacial score (nSPS) is 14.7. The van der Waals surface area contributed by atoms with E-state index in [1.165, 1.54) is 29.3 Å². The van der Waals surface area contributed by atoms with Crippen LogP contribution >= 0.6 is 0 Å². The highest BCUT2D eigenvalue weighted by Crippen LogP contribution is 2.54. The molecule has 4 aromatic heterocycles. The van der Waals surface area contributed by atoms with Crippen molar-refractivity contribution in [3.05, 3.63) is 240 Å². The van der Waals surface area contributed by atoms with Gasteiger partial charge in [-0.15, -0.1) is 0 Å². The summed E-state index contributed by atoms with van der Waals surface area (Å²) < 4.78 is 41.5. The number of fused-ring (bicyclic) bond motifs is 9. The van der Waals surface area contributed by atoms with E-state index >= 15 is 8.78 Å². The Morgan fingerprint density at radius 1 is 0.625 bits per heavy atom. The van der Waals surface area contributed by atoms with Crippen LogP contribution in [-0.2, 0) is 11.3 Å². The first-order valence-electron chi connectivity index (χ1n) is 24.5. The van der Waals surface area contributed by atoms with Gasteiger partial charge in [-0.2, -0.15) is 8.78 Å². The Bertz CT molecular complexity index is 4220. The SMILES string of the molecule is CC1(C)C2=C(C=C(c3cc4c5ccccc5oc4c4c3nc(-c3cccc5c3[nH]c3ccc(C(F)(F)c6ccccc6)cc35)n4-c3ccccc3)CC2)N(c2cc(-c3ccccc3)ccn2)c2ccccc21. The fraction of sp³-hybridized carbons (Fsp3) is 0.0938. The van der Waals surface area contributed by atoms with Gasteiger partial charge < -0.3 is 9.40 Å². The molecule has 6 nitrogen and oxygen atoms in total. The molecule has 8 heteroatoms. The smallest absolute Gasteiger partial charge is 0.298 e. The van der Waals surface area contributed by atoms with E-state index in [2.05, 4.69) is 131 Å². The molecule has 0 saturated carbocycles. The minimum Gasteiger partial charge on any atom is -0.454 e. The molecule has 0 spiro atoms. The third-order valence-corrected chi connectivity index (χ3v) is 15.2. The monoisotopic (exact) mass is 937 g/mol. The van der Waals surface area contributed by atoms with E-state index in [1.807, 2.05) is 54.7 Å². The summed E-state index contributed by atoms with van der Waals surface area (Å²) in [4.78, 5) is 16.8. The summed E-state index contributed by atoms with van der Waals surface area (Å²) in [5.74, 6) is -1.64. The molecule has 14 rings (SSSR count). The van der Waals surface area contributed by atoms with Crippen molar-refractivity contribution >= 4 is 71.9 Å². The molecule has 346 valence electrons. The third kappa shape index (κ3) is 6.31. The third-order valence-electron chi connectivity index (χ3n) is 15.2. The van der Waals surface area contributed by atoms with Crippen molar-refractivity contribution in [1.82, 2.24) is 19.5 Å². The number of aromatic nitrogens is 4. The van der Waals surface area contributed by atoms with Crippen molar-refractivity contribution in [2.75, 3.05) is 4.90 Å². The van der Waals surface area contributed by atoms with Gasteiger partial charge >= 0.3 is 0 Å². The Morgan fingerprint density at radius 2 is 1.36 bits per heavy atom. The van der Waals surface area contributed by atoms with E-state index < -0.39 is 5.92 Å². The number of furan rings is 1. The Labute approximate surface area is 413 Å². The fourth-order valence-electron chi connectivity index (χ4n) is 11.6. The van der Waals surface area contributed by atoms with Gasteiger partial charge in [0.05, 0.1) is 11.2 Å². The van der Waals surface area contributed by atoms with Crippen LogP contribution in [0.2, 0.25) is 0 Å². The first kappa shape index (κ1) is 42.0. The van der Waals surface area contributed by atoms with E-state index in [1.54, 1.807) is 30.3 Å². The summed E-state index contributed by atoms with van der Waals surface area (Å²) in [5.41, 5.74) is 15.4. The minimum atomic E-state index is -3.19. The predicted octanol–water partition coefficient (Wildman–Crippen LogP) is 17.0. The van der Waals surface area contributed by atoms with Crippen LogP contribution in [0, 0.1) is 0 Å². The number of pyridine rings is 1. The lowest BCUT2D eigenvalue weighted by Crippen LogP contribution is -2.35. The zero-order chi connectivity index (χ0) is 48.3. The summed E-state index contributed by atoms with van der Waals surface area (Å²) in [6, 6.07) is 63.3. The van der Waals surface area contributed by atoms with Crippen LogP contribution in [0.5, 0.6) is 0 Å². The number of halogens is 2.